The molecule has 3 rings (SSSR count). The van der Waals surface area contributed by atoms with Crippen molar-refractivity contribution in [1.29, 1.82) is 0 Å². The van der Waals surface area contributed by atoms with Crippen LogP contribution in [0.2, 0.25) is 5.02 Å². The van der Waals surface area contributed by atoms with Crippen molar-refractivity contribution in [3.8, 4) is 0 Å². The molecule has 5 heteroatoms. The van der Waals surface area contributed by atoms with E-state index in [0.717, 1.165) is 33.1 Å². The van der Waals surface area contributed by atoms with Crippen molar-refractivity contribution in [1.82, 2.24) is 9.47 Å². The Morgan fingerprint density at radius 3 is 2.40 bits per heavy atom. The minimum absolute atomic E-state index is 0.0772. The van der Waals surface area contributed by atoms with Gasteiger partial charge in [0, 0.05) is 35.7 Å². The minimum Gasteiger partial charge on any atom is -0.345 e. The second kappa shape index (κ2) is 9.86. The van der Waals surface area contributed by atoms with Crippen molar-refractivity contribution < 1.29 is 4.79 Å². The van der Waals surface area contributed by atoms with E-state index in [9.17, 15) is 4.79 Å². The molecule has 1 N–H and O–H groups in total. The fourth-order valence-corrected chi connectivity index (χ4v) is 3.81. The summed E-state index contributed by atoms with van der Waals surface area (Å²) in [6.45, 7) is 10.2. The third-order valence-corrected chi connectivity index (χ3v) is 5.53. The van der Waals surface area contributed by atoms with Gasteiger partial charge in [-0.15, -0.1) is 0 Å². The van der Waals surface area contributed by atoms with E-state index in [2.05, 4.69) is 29.8 Å². The number of nitrogens with one attached hydrogen (secondary N) is 1. The van der Waals surface area contributed by atoms with Gasteiger partial charge in [0.1, 0.15) is 0 Å². The molecule has 0 atom stereocenters. The number of aromatic nitrogens is 1. The van der Waals surface area contributed by atoms with E-state index in [1.54, 1.807) is 0 Å². The average Bonchev–Trinajstić information content (AvgIpc) is 3.12. The van der Waals surface area contributed by atoms with E-state index in [4.69, 9.17) is 11.6 Å². The molecule has 4 nitrogen and oxygen atoms in total. The van der Waals surface area contributed by atoms with Gasteiger partial charge in [-0.3, -0.25) is 0 Å². The Morgan fingerprint density at radius 1 is 1.03 bits per heavy atom. The fraction of sp³-hybridized carbons (Fsp3) is 0.320. The van der Waals surface area contributed by atoms with Crippen molar-refractivity contribution in [2.24, 2.45) is 5.92 Å². The molecule has 0 spiro atoms. The van der Waals surface area contributed by atoms with Gasteiger partial charge in [-0.2, -0.15) is 0 Å². The van der Waals surface area contributed by atoms with Crippen LogP contribution in [0.5, 0.6) is 0 Å². The number of benzene rings is 2. The number of urea groups is 1. The van der Waals surface area contributed by atoms with Gasteiger partial charge < -0.3 is 14.8 Å². The molecular weight excluding hydrogens is 394 g/mol. The Bertz CT molecular complexity index is 989. The molecule has 158 valence electrons. The van der Waals surface area contributed by atoms with E-state index in [-0.39, 0.29) is 6.03 Å². The molecule has 30 heavy (non-hydrogen) atoms. The predicted molar refractivity (Wildman–Crippen MR) is 125 cm³/mol. The monoisotopic (exact) mass is 423 g/mol. The van der Waals surface area contributed by atoms with Crippen molar-refractivity contribution in [3.63, 3.8) is 0 Å². The highest BCUT2D eigenvalue weighted by Crippen LogP contribution is 2.22. The summed E-state index contributed by atoms with van der Waals surface area (Å²) in [5.41, 5.74) is 5.16. The van der Waals surface area contributed by atoms with Gasteiger partial charge in [-0.25, -0.2) is 4.79 Å². The third kappa shape index (κ3) is 5.45. The molecule has 0 bridgehead atoms. The zero-order valence-corrected chi connectivity index (χ0v) is 18.9. The largest absolute Gasteiger partial charge is 0.345 e. The molecule has 2 amide bonds. The highest BCUT2D eigenvalue weighted by molar-refractivity contribution is 6.31. The maximum Gasteiger partial charge on any atom is 0.322 e. The van der Waals surface area contributed by atoms with Gasteiger partial charge in [0.15, 0.2) is 0 Å². The van der Waals surface area contributed by atoms with E-state index in [0.29, 0.717) is 25.6 Å². The summed E-state index contributed by atoms with van der Waals surface area (Å²) in [7, 11) is 0. The van der Waals surface area contributed by atoms with Crippen LogP contribution < -0.4 is 5.32 Å². The summed E-state index contributed by atoms with van der Waals surface area (Å²) in [6.07, 6.45) is 2.04. The van der Waals surface area contributed by atoms with Crippen LogP contribution in [-0.2, 0) is 13.1 Å². The van der Waals surface area contributed by atoms with Crippen LogP contribution in [0.3, 0.4) is 0 Å². The molecule has 0 aliphatic carbocycles. The van der Waals surface area contributed by atoms with E-state index < -0.39 is 0 Å². The van der Waals surface area contributed by atoms with Crippen LogP contribution in [0.25, 0.3) is 0 Å². The lowest BCUT2D eigenvalue weighted by molar-refractivity contribution is 0.200. The normalized spacial score (nSPS) is 11.0. The van der Waals surface area contributed by atoms with E-state index in [1.165, 1.54) is 0 Å². The molecule has 1 heterocycles. The number of hydrogen-bond donors (Lipinski definition) is 1. The topological polar surface area (TPSA) is 37.3 Å². The van der Waals surface area contributed by atoms with Crippen molar-refractivity contribution in [2.75, 3.05) is 11.9 Å². The Kier molecular flexibility index (Phi) is 7.22. The van der Waals surface area contributed by atoms with Gasteiger partial charge in [-0.1, -0.05) is 61.8 Å². The van der Waals surface area contributed by atoms with Crippen LogP contribution >= 0.6 is 11.6 Å². The lowest BCUT2D eigenvalue weighted by Gasteiger charge is -2.26. The number of carbonyl (C=O) groups excluding carboxylic acids is 1. The van der Waals surface area contributed by atoms with Crippen LogP contribution in [-0.4, -0.2) is 22.0 Å². The number of para-hydroxylation sites is 1. The first kappa shape index (κ1) is 22.0. The average molecular weight is 424 g/mol. The van der Waals surface area contributed by atoms with E-state index >= 15 is 0 Å². The lowest BCUT2D eigenvalue weighted by Crippen LogP contribution is -2.38. The Morgan fingerprint density at radius 2 is 1.73 bits per heavy atom. The Labute approximate surface area is 184 Å². The number of rotatable bonds is 7. The number of carbonyl (C=O) groups is 1. The maximum atomic E-state index is 13.2. The zero-order chi connectivity index (χ0) is 21.7. The van der Waals surface area contributed by atoms with Crippen LogP contribution in [0.1, 0.15) is 36.2 Å². The van der Waals surface area contributed by atoms with Gasteiger partial charge >= 0.3 is 6.03 Å². The molecule has 0 unspecified atom stereocenters. The quantitative estimate of drug-likeness (QED) is 0.462. The maximum absolute atomic E-state index is 13.2. The SMILES string of the molecule is Cc1cccc(C)c1NC(=O)N(Cc1cccn1Cc1ccccc1Cl)CC(C)C. The fourth-order valence-electron chi connectivity index (χ4n) is 3.61. The highest BCUT2D eigenvalue weighted by atomic mass is 35.5. The standard InChI is InChI=1S/C25H30ClN3O/c1-18(2)15-29(25(30)27-24-19(3)9-7-10-20(24)4)17-22-12-8-14-28(22)16-21-11-5-6-13-23(21)26/h5-14,18H,15-17H2,1-4H3,(H,27,30). The second-order valence-corrected chi connectivity index (χ2v) is 8.60. The molecule has 2 aromatic carbocycles. The molecule has 0 aliphatic heterocycles. The first-order valence-corrected chi connectivity index (χ1v) is 10.7. The molecule has 0 radical (unpaired) electrons. The van der Waals surface area contributed by atoms with Gasteiger partial charge in [0.25, 0.3) is 0 Å². The highest BCUT2D eigenvalue weighted by Gasteiger charge is 2.19. The summed E-state index contributed by atoms with van der Waals surface area (Å²) >= 11 is 6.35. The van der Waals surface area contributed by atoms with Crippen molar-refractivity contribution >= 4 is 23.3 Å². The third-order valence-electron chi connectivity index (χ3n) is 5.16. The van der Waals surface area contributed by atoms with Gasteiger partial charge in [0.05, 0.1) is 6.54 Å². The predicted octanol–water partition coefficient (Wildman–Crippen LogP) is 6.50. The van der Waals surface area contributed by atoms with E-state index in [1.807, 2.05) is 73.5 Å². The van der Waals surface area contributed by atoms with Gasteiger partial charge in [-0.05, 0) is 54.7 Å². The summed E-state index contributed by atoms with van der Waals surface area (Å²) in [4.78, 5) is 15.1. The summed E-state index contributed by atoms with van der Waals surface area (Å²) < 4.78 is 2.15. The molecule has 0 saturated heterocycles. The number of anilines is 1. The minimum atomic E-state index is -0.0772. The van der Waals surface area contributed by atoms with Crippen molar-refractivity contribution in [2.45, 2.75) is 40.8 Å². The zero-order valence-electron chi connectivity index (χ0n) is 18.2. The molecule has 0 saturated carbocycles. The van der Waals surface area contributed by atoms with Crippen LogP contribution in [0.15, 0.2) is 60.8 Å². The van der Waals surface area contributed by atoms with Gasteiger partial charge in [0.2, 0.25) is 0 Å². The molecule has 0 aliphatic rings. The number of aryl methyl sites for hydroxylation is 2. The second-order valence-electron chi connectivity index (χ2n) is 8.19. The molecule has 3 aromatic rings. The number of nitrogens with zero attached hydrogens (tertiary/aromatic N) is 2. The summed E-state index contributed by atoms with van der Waals surface area (Å²) in [5.74, 6) is 0.362. The number of halogens is 1. The Hall–Kier alpha value is -2.72. The van der Waals surface area contributed by atoms with Crippen LogP contribution in [0, 0.1) is 19.8 Å². The lowest BCUT2D eigenvalue weighted by atomic mass is 10.1. The Balaban J connectivity index is 1.80. The smallest absolute Gasteiger partial charge is 0.322 e. The number of hydrogen-bond acceptors (Lipinski definition) is 1. The first-order chi connectivity index (χ1) is 14.3. The molecule has 1 aromatic heterocycles. The first-order valence-electron chi connectivity index (χ1n) is 10.3. The summed E-state index contributed by atoms with van der Waals surface area (Å²) in [5, 5.41) is 3.88. The van der Waals surface area contributed by atoms with Crippen molar-refractivity contribution in [3.05, 3.63) is 88.2 Å². The molecule has 0 fully saturated rings. The van der Waals surface area contributed by atoms with Crippen LogP contribution in [0.4, 0.5) is 10.5 Å². The summed E-state index contributed by atoms with van der Waals surface area (Å²) in [6, 6.07) is 17.9. The number of amides is 2. The molecular formula is C25H30ClN3O.